The molecule has 1 aromatic rings. The van der Waals surface area contributed by atoms with E-state index in [0.29, 0.717) is 11.1 Å². The van der Waals surface area contributed by atoms with Gasteiger partial charge in [0.2, 0.25) is 0 Å². The predicted molar refractivity (Wildman–Crippen MR) is 88.1 cm³/mol. The van der Waals surface area contributed by atoms with Crippen LogP contribution in [0.2, 0.25) is 0 Å². The Kier molecular flexibility index (Phi) is 5.96. The number of benzene rings is 1. The van der Waals surface area contributed by atoms with Gasteiger partial charge in [0.1, 0.15) is 10.5 Å². The van der Waals surface area contributed by atoms with E-state index >= 15 is 0 Å². The van der Waals surface area contributed by atoms with Crippen LogP contribution in [0.15, 0.2) is 35.7 Å². The van der Waals surface area contributed by atoms with E-state index in [1.54, 1.807) is 45.9 Å². The first-order valence-corrected chi connectivity index (χ1v) is 8.56. The Morgan fingerprint density at radius 1 is 1.43 bits per heavy atom. The molecule has 0 bridgehead atoms. The van der Waals surface area contributed by atoms with Gasteiger partial charge in [0.25, 0.3) is 10.1 Å². The Hall–Kier alpha value is -1.86. The molecule has 128 valence electrons. The van der Waals surface area contributed by atoms with Crippen molar-refractivity contribution in [3.63, 3.8) is 0 Å². The monoisotopic (exact) mass is 341 g/mol. The zero-order valence-electron chi connectivity index (χ0n) is 13.8. The van der Waals surface area contributed by atoms with Crippen molar-refractivity contribution in [1.29, 1.82) is 0 Å². The zero-order chi connectivity index (χ0) is 17.8. The largest absolute Gasteiger partial charge is 0.444 e. The normalized spacial score (nSPS) is 13.3. The zero-order valence-corrected chi connectivity index (χ0v) is 14.6. The molecule has 0 heterocycles. The minimum absolute atomic E-state index is 0.141. The van der Waals surface area contributed by atoms with E-state index in [-0.39, 0.29) is 11.3 Å². The highest BCUT2D eigenvalue weighted by Gasteiger charge is 2.22. The highest BCUT2D eigenvalue weighted by atomic mass is 32.2. The second kappa shape index (κ2) is 7.14. The molecule has 0 aliphatic heterocycles. The van der Waals surface area contributed by atoms with Crippen molar-refractivity contribution in [2.75, 3.05) is 0 Å². The van der Waals surface area contributed by atoms with Crippen molar-refractivity contribution in [3.8, 4) is 0 Å². The molecule has 1 unspecified atom stereocenters. The molecule has 0 saturated heterocycles. The number of carbonyl (C=O) groups excluding carboxylic acids is 1. The number of amides is 1. The number of hydrogen-bond acceptors (Lipinski definition) is 4. The molecule has 0 aromatic heterocycles. The number of alkyl carbamates (subject to hydrolysis) is 1. The van der Waals surface area contributed by atoms with Gasteiger partial charge in [-0.15, -0.1) is 6.58 Å². The summed E-state index contributed by atoms with van der Waals surface area (Å²) in [5.41, 5.74) is 0.192. The van der Waals surface area contributed by atoms with Gasteiger partial charge in [-0.25, -0.2) is 4.79 Å². The van der Waals surface area contributed by atoms with Crippen LogP contribution in [0.4, 0.5) is 4.79 Å². The topological polar surface area (TPSA) is 92.7 Å². The van der Waals surface area contributed by atoms with E-state index in [0.717, 1.165) is 0 Å². The molecule has 23 heavy (non-hydrogen) atoms. The van der Waals surface area contributed by atoms with Crippen molar-refractivity contribution >= 4 is 16.2 Å². The van der Waals surface area contributed by atoms with Crippen molar-refractivity contribution in [3.05, 3.63) is 42.0 Å². The highest BCUT2D eigenvalue weighted by Crippen LogP contribution is 2.21. The third-order valence-electron chi connectivity index (χ3n) is 2.98. The fourth-order valence-electron chi connectivity index (χ4n) is 2.13. The Morgan fingerprint density at radius 3 is 2.52 bits per heavy atom. The van der Waals surface area contributed by atoms with Crippen LogP contribution in [0.3, 0.4) is 0 Å². The molecule has 0 radical (unpaired) electrons. The molecule has 1 amide bonds. The minimum Gasteiger partial charge on any atom is -0.444 e. The van der Waals surface area contributed by atoms with E-state index in [2.05, 4.69) is 11.9 Å². The Bertz CT molecular complexity index is 689. The Morgan fingerprint density at radius 2 is 2.04 bits per heavy atom. The lowest BCUT2D eigenvalue weighted by Crippen LogP contribution is -2.39. The van der Waals surface area contributed by atoms with Crippen LogP contribution in [-0.2, 0) is 21.3 Å². The van der Waals surface area contributed by atoms with Gasteiger partial charge in [0.15, 0.2) is 0 Å². The molecular formula is C16H23NO5S. The maximum atomic E-state index is 11.8. The van der Waals surface area contributed by atoms with Gasteiger partial charge in [-0.3, -0.25) is 4.55 Å². The maximum absolute atomic E-state index is 11.8. The lowest BCUT2D eigenvalue weighted by molar-refractivity contribution is 0.0514. The first-order valence-electron chi connectivity index (χ1n) is 7.12. The molecule has 1 rings (SSSR count). The fourth-order valence-corrected chi connectivity index (χ4v) is 3.09. The van der Waals surface area contributed by atoms with Gasteiger partial charge in [0, 0.05) is 0 Å². The number of ether oxygens (including phenoxy) is 1. The number of hydrogen-bond donors (Lipinski definition) is 2. The molecule has 2 N–H and O–H groups in total. The number of aryl methyl sites for hydroxylation is 1. The Balaban J connectivity index is 2.99. The van der Waals surface area contributed by atoms with E-state index in [1.165, 1.54) is 6.08 Å². The van der Waals surface area contributed by atoms with Crippen molar-refractivity contribution in [1.82, 2.24) is 5.32 Å². The van der Waals surface area contributed by atoms with Crippen LogP contribution in [0.1, 0.15) is 31.9 Å². The smallest absolute Gasteiger partial charge is 0.408 e. The highest BCUT2D eigenvalue weighted by molar-refractivity contribution is 7.86. The molecule has 0 spiro atoms. The average molecular weight is 341 g/mol. The van der Waals surface area contributed by atoms with Crippen LogP contribution >= 0.6 is 0 Å². The van der Waals surface area contributed by atoms with Crippen LogP contribution in [0, 0.1) is 6.92 Å². The summed E-state index contributed by atoms with van der Waals surface area (Å²) in [6.07, 6.45) is 1.03. The first kappa shape index (κ1) is 19.2. The third-order valence-corrected chi connectivity index (χ3v) is 4.08. The molecular weight excluding hydrogens is 318 g/mol. The lowest BCUT2D eigenvalue weighted by Gasteiger charge is -2.22. The minimum atomic E-state index is -4.35. The molecule has 6 nitrogen and oxygen atoms in total. The molecule has 1 atom stereocenters. The van der Waals surface area contributed by atoms with Gasteiger partial charge >= 0.3 is 6.09 Å². The number of nitrogens with one attached hydrogen (secondary N) is 1. The van der Waals surface area contributed by atoms with Gasteiger partial charge in [0.05, 0.1) is 6.04 Å². The molecule has 0 aliphatic rings. The molecule has 7 heteroatoms. The fraction of sp³-hybridized carbons (Fsp3) is 0.438. The average Bonchev–Trinajstić information content (AvgIpc) is 2.33. The van der Waals surface area contributed by atoms with Crippen LogP contribution in [-0.4, -0.2) is 30.7 Å². The van der Waals surface area contributed by atoms with Crippen LogP contribution < -0.4 is 5.32 Å². The molecule has 1 aromatic carbocycles. The van der Waals surface area contributed by atoms with Crippen molar-refractivity contribution in [2.45, 2.75) is 50.7 Å². The summed E-state index contributed by atoms with van der Waals surface area (Å²) in [6.45, 7) is 10.5. The van der Waals surface area contributed by atoms with Crippen LogP contribution in [0.25, 0.3) is 0 Å². The second-order valence-corrected chi connectivity index (χ2v) is 7.59. The maximum Gasteiger partial charge on any atom is 0.408 e. The van der Waals surface area contributed by atoms with Gasteiger partial charge in [-0.05, 0) is 45.2 Å². The summed E-state index contributed by atoms with van der Waals surface area (Å²) in [5.74, 6) is 0. The lowest BCUT2D eigenvalue weighted by atomic mass is 10.0. The number of carbonyl (C=O) groups is 1. The van der Waals surface area contributed by atoms with Gasteiger partial charge in [-0.1, -0.05) is 24.3 Å². The van der Waals surface area contributed by atoms with Crippen molar-refractivity contribution in [2.24, 2.45) is 0 Å². The second-order valence-electron chi connectivity index (χ2n) is 6.23. The third kappa shape index (κ3) is 6.03. The quantitative estimate of drug-likeness (QED) is 0.634. The summed E-state index contributed by atoms with van der Waals surface area (Å²) in [7, 11) is -4.35. The SMILES string of the molecule is C=CC(Cc1cccc(C)c1S(=O)(=O)O)NC(=O)OC(C)(C)C. The predicted octanol–water partition coefficient (Wildman–Crippen LogP) is 2.86. The van der Waals surface area contributed by atoms with Gasteiger partial charge in [-0.2, -0.15) is 8.42 Å². The van der Waals surface area contributed by atoms with Crippen molar-refractivity contribution < 1.29 is 22.5 Å². The summed E-state index contributed by atoms with van der Waals surface area (Å²) in [6, 6.07) is 4.33. The number of rotatable bonds is 5. The molecule has 0 aliphatic carbocycles. The van der Waals surface area contributed by atoms with E-state index in [4.69, 9.17) is 4.74 Å². The summed E-state index contributed by atoms with van der Waals surface area (Å²) in [5, 5.41) is 2.61. The van der Waals surface area contributed by atoms with Crippen LogP contribution in [0.5, 0.6) is 0 Å². The molecule has 0 fully saturated rings. The van der Waals surface area contributed by atoms with E-state index in [1.807, 2.05) is 0 Å². The summed E-state index contributed by atoms with van der Waals surface area (Å²) in [4.78, 5) is 11.7. The Labute approximate surface area is 137 Å². The summed E-state index contributed by atoms with van der Waals surface area (Å²) >= 11 is 0. The van der Waals surface area contributed by atoms with E-state index < -0.39 is 27.9 Å². The first-order chi connectivity index (χ1) is 10.4. The molecule has 0 saturated carbocycles. The van der Waals surface area contributed by atoms with E-state index in [9.17, 15) is 17.8 Å². The van der Waals surface area contributed by atoms with Gasteiger partial charge < -0.3 is 10.1 Å². The summed E-state index contributed by atoms with van der Waals surface area (Å²) < 4.78 is 37.7. The standard InChI is InChI=1S/C16H23NO5S/c1-6-13(17-15(18)22-16(3,4)5)10-12-9-7-8-11(2)14(12)23(19,20)21/h6-9,13H,1,10H2,2-5H3,(H,17,18)(H,19,20,21).